The van der Waals surface area contributed by atoms with Crippen molar-refractivity contribution < 1.29 is 4.79 Å². The molecule has 7 heteroatoms. The first-order chi connectivity index (χ1) is 12.1. The highest BCUT2D eigenvalue weighted by atomic mass is 32.1. The number of amides is 1. The topological polar surface area (TPSA) is 79.8 Å². The molecule has 0 bridgehead atoms. The van der Waals surface area contributed by atoms with Crippen LogP contribution in [0.4, 0.5) is 5.95 Å². The smallest absolute Gasteiger partial charge is 0.270 e. The van der Waals surface area contributed by atoms with Gasteiger partial charge in [-0.3, -0.25) is 4.79 Å². The molecule has 25 heavy (non-hydrogen) atoms. The molecule has 128 valence electrons. The normalized spacial score (nSPS) is 10.5. The molecule has 0 atom stereocenters. The standard InChI is InChI=1S/C18H19N5OS/c1-12-4-5-14(13(2)10-12)17-23-15(11-25-17)16(24)19-8-9-22-18-20-6-3-7-21-18/h3-7,10-11H,8-9H2,1-2H3,(H,19,24)(H,20,21,22). The second-order valence-electron chi connectivity index (χ2n) is 5.61. The van der Waals surface area contributed by atoms with E-state index in [9.17, 15) is 4.79 Å². The highest BCUT2D eigenvalue weighted by Crippen LogP contribution is 2.27. The van der Waals surface area contributed by atoms with E-state index in [-0.39, 0.29) is 5.91 Å². The van der Waals surface area contributed by atoms with E-state index in [0.29, 0.717) is 24.7 Å². The second kappa shape index (κ2) is 7.85. The Balaban J connectivity index is 1.55. The Bertz CT molecular complexity index is 863. The van der Waals surface area contributed by atoms with Gasteiger partial charge in [0.05, 0.1) is 0 Å². The number of carbonyl (C=O) groups is 1. The third kappa shape index (κ3) is 4.39. The van der Waals surface area contributed by atoms with Crippen LogP contribution in [0.2, 0.25) is 0 Å². The number of aryl methyl sites for hydroxylation is 2. The van der Waals surface area contributed by atoms with Gasteiger partial charge in [-0.05, 0) is 25.5 Å². The molecular formula is C18H19N5OS. The van der Waals surface area contributed by atoms with Crippen molar-refractivity contribution in [3.05, 3.63) is 58.9 Å². The minimum Gasteiger partial charge on any atom is -0.352 e. The van der Waals surface area contributed by atoms with E-state index in [1.165, 1.54) is 16.9 Å². The van der Waals surface area contributed by atoms with Crippen LogP contribution < -0.4 is 10.6 Å². The van der Waals surface area contributed by atoms with Crippen molar-refractivity contribution in [3.8, 4) is 10.6 Å². The molecule has 2 N–H and O–H groups in total. The maximum Gasteiger partial charge on any atom is 0.270 e. The van der Waals surface area contributed by atoms with Crippen molar-refractivity contribution in [2.45, 2.75) is 13.8 Å². The average Bonchev–Trinajstić information content (AvgIpc) is 3.09. The van der Waals surface area contributed by atoms with E-state index in [2.05, 4.69) is 57.6 Å². The summed E-state index contributed by atoms with van der Waals surface area (Å²) in [6, 6.07) is 7.98. The summed E-state index contributed by atoms with van der Waals surface area (Å²) in [5.74, 6) is 0.366. The molecule has 0 unspecified atom stereocenters. The number of nitrogens with one attached hydrogen (secondary N) is 2. The SMILES string of the molecule is Cc1ccc(-c2nc(C(=O)NCCNc3ncccn3)cs2)c(C)c1. The van der Waals surface area contributed by atoms with Crippen molar-refractivity contribution in [1.29, 1.82) is 0 Å². The molecule has 0 fully saturated rings. The Morgan fingerprint density at radius 1 is 1.16 bits per heavy atom. The molecule has 1 aromatic carbocycles. The molecule has 0 saturated carbocycles. The Kier molecular flexibility index (Phi) is 5.35. The van der Waals surface area contributed by atoms with Crippen LogP contribution in [0, 0.1) is 13.8 Å². The van der Waals surface area contributed by atoms with E-state index >= 15 is 0 Å². The lowest BCUT2D eigenvalue weighted by atomic mass is 10.1. The number of thiazole rings is 1. The van der Waals surface area contributed by atoms with Crippen molar-refractivity contribution in [3.63, 3.8) is 0 Å². The molecule has 0 aliphatic rings. The molecule has 1 amide bonds. The number of benzene rings is 1. The lowest BCUT2D eigenvalue weighted by Crippen LogP contribution is -2.29. The molecule has 3 aromatic rings. The molecule has 0 saturated heterocycles. The maximum absolute atomic E-state index is 12.2. The molecule has 0 spiro atoms. The molecule has 0 aliphatic carbocycles. The van der Waals surface area contributed by atoms with Gasteiger partial charge in [-0.1, -0.05) is 23.8 Å². The second-order valence-corrected chi connectivity index (χ2v) is 6.47. The van der Waals surface area contributed by atoms with Crippen LogP contribution in [0.1, 0.15) is 21.6 Å². The lowest BCUT2D eigenvalue weighted by Gasteiger charge is -2.05. The first kappa shape index (κ1) is 17.0. The van der Waals surface area contributed by atoms with Crippen molar-refractivity contribution in [2.24, 2.45) is 0 Å². The first-order valence-electron chi connectivity index (χ1n) is 7.96. The van der Waals surface area contributed by atoms with Gasteiger partial charge >= 0.3 is 0 Å². The van der Waals surface area contributed by atoms with Crippen LogP contribution in [0.5, 0.6) is 0 Å². The zero-order chi connectivity index (χ0) is 17.6. The molecule has 0 radical (unpaired) electrons. The number of nitrogens with zero attached hydrogens (tertiary/aromatic N) is 3. The average molecular weight is 353 g/mol. The van der Waals surface area contributed by atoms with Crippen LogP contribution in [0.15, 0.2) is 42.0 Å². The van der Waals surface area contributed by atoms with Gasteiger partial charge in [-0.15, -0.1) is 11.3 Å². The zero-order valence-corrected chi connectivity index (χ0v) is 14.9. The van der Waals surface area contributed by atoms with Gasteiger partial charge in [0.25, 0.3) is 5.91 Å². The first-order valence-corrected chi connectivity index (χ1v) is 8.83. The summed E-state index contributed by atoms with van der Waals surface area (Å²) in [7, 11) is 0. The number of aromatic nitrogens is 3. The van der Waals surface area contributed by atoms with Crippen LogP contribution in [-0.2, 0) is 0 Å². The number of anilines is 1. The molecule has 2 heterocycles. The molecule has 2 aromatic heterocycles. The van der Waals surface area contributed by atoms with E-state index in [1.807, 2.05) is 0 Å². The van der Waals surface area contributed by atoms with Crippen molar-refractivity contribution in [1.82, 2.24) is 20.3 Å². The summed E-state index contributed by atoms with van der Waals surface area (Å²) in [6.45, 7) is 5.13. The number of rotatable bonds is 6. The van der Waals surface area contributed by atoms with Crippen LogP contribution in [0.3, 0.4) is 0 Å². The fraction of sp³-hybridized carbons (Fsp3) is 0.222. The largest absolute Gasteiger partial charge is 0.352 e. The van der Waals surface area contributed by atoms with Crippen LogP contribution in [-0.4, -0.2) is 33.9 Å². The van der Waals surface area contributed by atoms with Crippen molar-refractivity contribution in [2.75, 3.05) is 18.4 Å². The van der Waals surface area contributed by atoms with Gasteiger partial charge in [-0.25, -0.2) is 15.0 Å². The highest BCUT2D eigenvalue weighted by Gasteiger charge is 2.12. The van der Waals surface area contributed by atoms with Gasteiger partial charge in [0.15, 0.2) is 0 Å². The van der Waals surface area contributed by atoms with Gasteiger partial charge < -0.3 is 10.6 Å². The summed E-state index contributed by atoms with van der Waals surface area (Å²) < 4.78 is 0. The summed E-state index contributed by atoms with van der Waals surface area (Å²) in [6.07, 6.45) is 3.33. The quantitative estimate of drug-likeness (QED) is 0.666. The Hall–Kier alpha value is -2.80. The Labute approximate surface area is 150 Å². The van der Waals surface area contributed by atoms with E-state index < -0.39 is 0 Å². The number of hydrogen-bond donors (Lipinski definition) is 2. The van der Waals surface area contributed by atoms with Gasteiger partial charge in [-0.2, -0.15) is 0 Å². The third-order valence-electron chi connectivity index (χ3n) is 3.61. The minimum absolute atomic E-state index is 0.178. The number of hydrogen-bond acceptors (Lipinski definition) is 6. The van der Waals surface area contributed by atoms with Gasteiger partial charge in [0.2, 0.25) is 5.95 Å². The zero-order valence-electron chi connectivity index (χ0n) is 14.1. The third-order valence-corrected chi connectivity index (χ3v) is 4.48. The van der Waals surface area contributed by atoms with Crippen LogP contribution in [0.25, 0.3) is 10.6 Å². The predicted molar refractivity (Wildman–Crippen MR) is 99.9 cm³/mol. The summed E-state index contributed by atoms with van der Waals surface area (Å²) >= 11 is 1.48. The summed E-state index contributed by atoms with van der Waals surface area (Å²) in [5, 5.41) is 8.53. The van der Waals surface area contributed by atoms with E-state index in [0.717, 1.165) is 16.1 Å². The lowest BCUT2D eigenvalue weighted by molar-refractivity contribution is 0.0951. The molecular weight excluding hydrogens is 334 g/mol. The fourth-order valence-corrected chi connectivity index (χ4v) is 3.28. The maximum atomic E-state index is 12.2. The van der Waals surface area contributed by atoms with Gasteiger partial charge in [0.1, 0.15) is 10.7 Å². The molecule has 3 rings (SSSR count). The minimum atomic E-state index is -0.178. The van der Waals surface area contributed by atoms with E-state index in [4.69, 9.17) is 0 Å². The summed E-state index contributed by atoms with van der Waals surface area (Å²) in [5.41, 5.74) is 3.88. The summed E-state index contributed by atoms with van der Waals surface area (Å²) in [4.78, 5) is 24.8. The molecule has 0 aliphatic heterocycles. The molecule has 6 nitrogen and oxygen atoms in total. The fourth-order valence-electron chi connectivity index (χ4n) is 2.39. The predicted octanol–water partition coefficient (Wildman–Crippen LogP) is 3.06. The van der Waals surface area contributed by atoms with E-state index in [1.54, 1.807) is 23.8 Å². The monoisotopic (exact) mass is 353 g/mol. The highest BCUT2D eigenvalue weighted by molar-refractivity contribution is 7.13. The van der Waals surface area contributed by atoms with Gasteiger partial charge in [0, 0.05) is 36.4 Å². The van der Waals surface area contributed by atoms with Crippen LogP contribution >= 0.6 is 11.3 Å². The number of carbonyl (C=O) groups excluding carboxylic acids is 1. The Morgan fingerprint density at radius 2 is 1.96 bits per heavy atom. The van der Waals surface area contributed by atoms with Crippen molar-refractivity contribution >= 4 is 23.2 Å². The Morgan fingerprint density at radius 3 is 2.72 bits per heavy atom.